The number of carbonyl (C=O) groups is 1. The van der Waals surface area contributed by atoms with E-state index in [1.807, 2.05) is 20.8 Å². The Hall–Kier alpha value is -1.55. The fourth-order valence-corrected chi connectivity index (χ4v) is 1.83. The van der Waals surface area contributed by atoms with Gasteiger partial charge in [0.15, 0.2) is 0 Å². The molecule has 18 heavy (non-hydrogen) atoms. The van der Waals surface area contributed by atoms with Crippen molar-refractivity contribution >= 4 is 5.91 Å². The molecule has 1 atom stereocenters. The van der Waals surface area contributed by atoms with Crippen LogP contribution in [0.25, 0.3) is 0 Å². The number of aryl methyl sites for hydroxylation is 2. The molecule has 1 amide bonds. The summed E-state index contributed by atoms with van der Waals surface area (Å²) in [7, 11) is 0. The van der Waals surface area contributed by atoms with Gasteiger partial charge in [-0.05, 0) is 40.7 Å². The van der Waals surface area contributed by atoms with E-state index in [0.717, 1.165) is 11.3 Å². The molecule has 1 aromatic rings. The van der Waals surface area contributed by atoms with Gasteiger partial charge in [0, 0.05) is 11.6 Å². The lowest BCUT2D eigenvalue weighted by Gasteiger charge is -2.23. The maximum atomic E-state index is 11.5. The Labute approximate surface area is 108 Å². The Balaban J connectivity index is 2.74. The molecule has 100 valence electrons. The van der Waals surface area contributed by atoms with Crippen LogP contribution in [-0.4, -0.2) is 17.6 Å². The minimum absolute atomic E-state index is 0.148. The van der Waals surface area contributed by atoms with Crippen LogP contribution >= 0.6 is 0 Å². The number of amides is 1. The summed E-state index contributed by atoms with van der Waals surface area (Å²) in [6.07, 6.45) is 1.50. The Morgan fingerprint density at radius 3 is 2.56 bits per heavy atom. The predicted molar refractivity (Wildman–Crippen MR) is 70.2 cm³/mol. The van der Waals surface area contributed by atoms with Crippen molar-refractivity contribution in [2.24, 2.45) is 0 Å². The van der Waals surface area contributed by atoms with Gasteiger partial charge in [-0.2, -0.15) is 0 Å². The first-order valence-corrected chi connectivity index (χ1v) is 5.95. The molecule has 0 radical (unpaired) electrons. The Bertz CT molecular complexity index is 465. The van der Waals surface area contributed by atoms with Crippen molar-refractivity contribution in [2.45, 2.75) is 40.2 Å². The van der Waals surface area contributed by atoms with Crippen molar-refractivity contribution < 1.29 is 14.3 Å². The molecule has 0 saturated heterocycles. The summed E-state index contributed by atoms with van der Waals surface area (Å²) in [6, 6.07) is 1.79. The lowest BCUT2D eigenvalue weighted by atomic mass is 9.96. The fraction of sp³-hybridized carbons (Fsp3) is 0.500. The molecule has 4 nitrogen and oxygen atoms in total. The number of allylic oxidation sites excluding steroid dienone is 1. The van der Waals surface area contributed by atoms with E-state index in [4.69, 9.17) is 4.42 Å². The molecule has 0 spiro atoms. The van der Waals surface area contributed by atoms with Gasteiger partial charge in [-0.15, -0.1) is 0 Å². The van der Waals surface area contributed by atoms with E-state index in [1.54, 1.807) is 19.9 Å². The molecule has 2 N–H and O–H groups in total. The molecule has 0 aliphatic carbocycles. The van der Waals surface area contributed by atoms with Gasteiger partial charge in [0.1, 0.15) is 17.1 Å². The third kappa shape index (κ3) is 3.74. The minimum atomic E-state index is -1.13. The van der Waals surface area contributed by atoms with Crippen molar-refractivity contribution in [1.82, 2.24) is 5.32 Å². The second-order valence-corrected chi connectivity index (χ2v) is 5.04. The molecule has 0 aromatic carbocycles. The van der Waals surface area contributed by atoms with Crippen LogP contribution in [0.15, 0.2) is 22.1 Å². The lowest BCUT2D eigenvalue weighted by molar-refractivity contribution is -0.117. The largest absolute Gasteiger partial charge is 0.466 e. The number of nitrogens with one attached hydrogen (secondary N) is 1. The van der Waals surface area contributed by atoms with Crippen LogP contribution in [0.5, 0.6) is 0 Å². The minimum Gasteiger partial charge on any atom is -0.466 e. The van der Waals surface area contributed by atoms with Crippen molar-refractivity contribution in [1.29, 1.82) is 0 Å². The molecule has 1 aromatic heterocycles. The van der Waals surface area contributed by atoms with Crippen molar-refractivity contribution in [3.63, 3.8) is 0 Å². The zero-order valence-corrected chi connectivity index (χ0v) is 11.6. The summed E-state index contributed by atoms with van der Waals surface area (Å²) in [4.78, 5) is 11.5. The first kappa shape index (κ1) is 14.5. The maximum Gasteiger partial charge on any atom is 0.244 e. The third-order valence-electron chi connectivity index (χ3n) is 2.65. The SMILES string of the molecule is CC(C)=CC(=O)NC[C@](C)(O)c1cc(C)oc1C. The van der Waals surface area contributed by atoms with Gasteiger partial charge in [-0.3, -0.25) is 4.79 Å². The highest BCUT2D eigenvalue weighted by Gasteiger charge is 2.27. The summed E-state index contributed by atoms with van der Waals surface area (Å²) in [5, 5.41) is 13.0. The highest BCUT2D eigenvalue weighted by atomic mass is 16.3. The molecular weight excluding hydrogens is 230 g/mol. The second kappa shape index (κ2) is 5.40. The van der Waals surface area contributed by atoms with Crippen LogP contribution in [0.1, 0.15) is 37.9 Å². The predicted octanol–water partition coefficient (Wildman–Crippen LogP) is 2.19. The van der Waals surface area contributed by atoms with Gasteiger partial charge in [-0.25, -0.2) is 0 Å². The number of carbonyl (C=O) groups excluding carboxylic acids is 1. The van der Waals surface area contributed by atoms with Crippen LogP contribution in [0, 0.1) is 13.8 Å². The Morgan fingerprint density at radius 2 is 2.11 bits per heavy atom. The van der Waals surface area contributed by atoms with Crippen LogP contribution in [0.4, 0.5) is 0 Å². The smallest absolute Gasteiger partial charge is 0.244 e. The fourth-order valence-electron chi connectivity index (χ4n) is 1.83. The first-order chi connectivity index (χ1) is 8.22. The van der Waals surface area contributed by atoms with E-state index in [-0.39, 0.29) is 12.5 Å². The molecule has 1 heterocycles. The quantitative estimate of drug-likeness (QED) is 0.806. The third-order valence-corrected chi connectivity index (χ3v) is 2.65. The van der Waals surface area contributed by atoms with E-state index in [9.17, 15) is 9.90 Å². The average molecular weight is 251 g/mol. The normalized spacial score (nSPS) is 13.9. The van der Waals surface area contributed by atoms with Crippen LogP contribution in [0.2, 0.25) is 0 Å². The van der Waals surface area contributed by atoms with E-state index in [0.29, 0.717) is 11.3 Å². The highest BCUT2D eigenvalue weighted by molar-refractivity contribution is 5.88. The number of rotatable bonds is 4. The summed E-state index contributed by atoms with van der Waals surface area (Å²) in [5.74, 6) is 1.22. The van der Waals surface area contributed by atoms with Crippen molar-refractivity contribution in [2.75, 3.05) is 6.54 Å². The van der Waals surface area contributed by atoms with Crippen molar-refractivity contribution in [3.05, 3.63) is 34.8 Å². The number of aliphatic hydroxyl groups is 1. The zero-order valence-electron chi connectivity index (χ0n) is 11.6. The first-order valence-electron chi connectivity index (χ1n) is 5.95. The van der Waals surface area contributed by atoms with Crippen LogP contribution in [-0.2, 0) is 10.4 Å². The standard InChI is InChI=1S/C14H21NO3/c1-9(2)6-13(16)15-8-14(5,17)12-7-10(3)18-11(12)4/h6-7,17H,8H2,1-5H3,(H,15,16)/t14-/m0/s1. The maximum absolute atomic E-state index is 11.5. The summed E-state index contributed by atoms with van der Waals surface area (Å²) in [6.45, 7) is 9.13. The highest BCUT2D eigenvalue weighted by Crippen LogP contribution is 2.26. The second-order valence-electron chi connectivity index (χ2n) is 5.04. The Kier molecular flexibility index (Phi) is 4.35. The monoisotopic (exact) mass is 251 g/mol. The molecule has 4 heteroatoms. The van der Waals surface area contributed by atoms with Gasteiger partial charge in [0.2, 0.25) is 5.91 Å². The molecule has 0 bridgehead atoms. The van der Waals surface area contributed by atoms with Crippen LogP contribution < -0.4 is 5.32 Å². The summed E-state index contributed by atoms with van der Waals surface area (Å²) >= 11 is 0. The van der Waals surface area contributed by atoms with Crippen LogP contribution in [0.3, 0.4) is 0 Å². The molecule has 1 rings (SSSR count). The van der Waals surface area contributed by atoms with E-state index in [2.05, 4.69) is 5.32 Å². The lowest BCUT2D eigenvalue weighted by Crippen LogP contribution is -2.38. The topological polar surface area (TPSA) is 62.5 Å². The van der Waals surface area contributed by atoms with E-state index < -0.39 is 5.60 Å². The van der Waals surface area contributed by atoms with Gasteiger partial charge < -0.3 is 14.8 Å². The van der Waals surface area contributed by atoms with Crippen molar-refractivity contribution in [3.8, 4) is 0 Å². The van der Waals surface area contributed by atoms with Gasteiger partial charge in [0.05, 0.1) is 6.54 Å². The molecule has 0 aliphatic rings. The Morgan fingerprint density at radius 1 is 1.50 bits per heavy atom. The number of hydrogen-bond donors (Lipinski definition) is 2. The van der Waals surface area contributed by atoms with Gasteiger partial charge in [-0.1, -0.05) is 5.57 Å². The summed E-state index contributed by atoms with van der Waals surface area (Å²) < 4.78 is 5.39. The van der Waals surface area contributed by atoms with Gasteiger partial charge >= 0.3 is 0 Å². The molecule has 0 saturated carbocycles. The molecular formula is C14H21NO3. The molecule has 0 fully saturated rings. The average Bonchev–Trinajstić information content (AvgIpc) is 2.55. The zero-order chi connectivity index (χ0) is 13.9. The van der Waals surface area contributed by atoms with E-state index >= 15 is 0 Å². The number of furan rings is 1. The number of hydrogen-bond acceptors (Lipinski definition) is 3. The molecule has 0 unspecified atom stereocenters. The molecule has 0 aliphatic heterocycles. The summed E-state index contributed by atoms with van der Waals surface area (Å²) in [5.41, 5.74) is 0.493. The van der Waals surface area contributed by atoms with E-state index in [1.165, 1.54) is 6.08 Å². The van der Waals surface area contributed by atoms with Gasteiger partial charge in [0.25, 0.3) is 0 Å².